The molecule has 0 saturated heterocycles. The quantitative estimate of drug-likeness (QED) is 0.871. The maximum absolute atomic E-state index is 12.8. The molecule has 2 aromatic carbocycles. The lowest BCUT2D eigenvalue weighted by molar-refractivity contribution is -0.132. The molecule has 1 atom stereocenters. The minimum absolute atomic E-state index is 0.00848. The Kier molecular flexibility index (Phi) is 4.65. The molecule has 0 saturated carbocycles. The van der Waals surface area contributed by atoms with Crippen molar-refractivity contribution in [1.82, 2.24) is 4.90 Å². The topological polar surface area (TPSA) is 40.6 Å². The number of hydrogen-bond acceptors (Lipinski definition) is 2. The molecule has 1 heterocycles. The van der Waals surface area contributed by atoms with Gasteiger partial charge in [-0.3, -0.25) is 9.59 Å². The van der Waals surface area contributed by atoms with Crippen molar-refractivity contribution in [3.8, 4) is 0 Å². The van der Waals surface area contributed by atoms with Crippen LogP contribution in [0.5, 0.6) is 0 Å². The fraction of sp³-hybridized carbons (Fsp3) is 0.300. The Balaban J connectivity index is 1.86. The molecule has 4 heteroatoms. The second-order valence-electron chi connectivity index (χ2n) is 6.17. The van der Waals surface area contributed by atoms with Crippen LogP contribution in [0.2, 0.25) is 0 Å². The summed E-state index contributed by atoms with van der Waals surface area (Å²) in [4.78, 5) is 28.3. The summed E-state index contributed by atoms with van der Waals surface area (Å²) in [5, 5.41) is 0. The van der Waals surface area contributed by atoms with Crippen molar-refractivity contribution in [2.24, 2.45) is 0 Å². The third-order valence-corrected chi connectivity index (χ3v) is 4.70. The highest BCUT2D eigenvalue weighted by molar-refractivity contribution is 5.93. The lowest BCUT2D eigenvalue weighted by atomic mass is 9.90. The van der Waals surface area contributed by atoms with Gasteiger partial charge in [-0.25, -0.2) is 0 Å². The zero-order valence-corrected chi connectivity index (χ0v) is 14.1. The van der Waals surface area contributed by atoms with Gasteiger partial charge in [0.1, 0.15) is 0 Å². The monoisotopic (exact) mass is 322 g/mol. The van der Waals surface area contributed by atoms with E-state index in [0.29, 0.717) is 13.0 Å². The number of carbonyl (C=O) groups excluding carboxylic acids is 2. The molecule has 0 aliphatic carbocycles. The van der Waals surface area contributed by atoms with Crippen LogP contribution in [-0.2, 0) is 16.0 Å². The zero-order chi connectivity index (χ0) is 17.1. The van der Waals surface area contributed by atoms with Gasteiger partial charge in [-0.2, -0.15) is 0 Å². The summed E-state index contributed by atoms with van der Waals surface area (Å²) in [5.41, 5.74) is 3.19. The van der Waals surface area contributed by atoms with Crippen molar-refractivity contribution in [3.63, 3.8) is 0 Å². The molecule has 1 aliphatic rings. The molecule has 2 aromatic rings. The molecular weight excluding hydrogens is 300 g/mol. The van der Waals surface area contributed by atoms with E-state index in [2.05, 4.69) is 6.07 Å². The lowest BCUT2D eigenvalue weighted by Crippen LogP contribution is -2.41. The first-order valence-electron chi connectivity index (χ1n) is 8.24. The summed E-state index contributed by atoms with van der Waals surface area (Å²) >= 11 is 0. The highest BCUT2D eigenvalue weighted by Gasteiger charge is 2.31. The van der Waals surface area contributed by atoms with E-state index in [4.69, 9.17) is 0 Å². The number of benzene rings is 2. The number of rotatable bonds is 3. The average Bonchev–Trinajstić information content (AvgIpc) is 2.61. The van der Waals surface area contributed by atoms with Gasteiger partial charge in [0.15, 0.2) is 0 Å². The highest BCUT2D eigenvalue weighted by atomic mass is 16.2. The molecule has 2 amide bonds. The fourth-order valence-electron chi connectivity index (χ4n) is 3.35. The number of amides is 2. The molecule has 0 spiro atoms. The van der Waals surface area contributed by atoms with Gasteiger partial charge in [0.25, 0.3) is 0 Å². The van der Waals surface area contributed by atoms with Gasteiger partial charge < -0.3 is 9.80 Å². The Bertz CT molecular complexity index is 742. The molecule has 0 radical (unpaired) electrons. The van der Waals surface area contributed by atoms with Crippen LogP contribution in [0.1, 0.15) is 30.5 Å². The number of hydrogen-bond donors (Lipinski definition) is 0. The Hall–Kier alpha value is -2.62. The minimum atomic E-state index is -0.189. The van der Waals surface area contributed by atoms with Gasteiger partial charge in [-0.05, 0) is 29.7 Å². The molecule has 1 aliphatic heterocycles. The first kappa shape index (κ1) is 16.2. The predicted octanol–water partition coefficient (Wildman–Crippen LogP) is 3.19. The standard InChI is InChI=1S/C20H22N2O2/c1-15(23)22-13-12-16-8-6-7-11-18(16)19(22)14-20(24)21(2)17-9-4-3-5-10-17/h3-11,19H,12-14H2,1-2H3. The van der Waals surface area contributed by atoms with Crippen molar-refractivity contribution >= 4 is 17.5 Å². The molecule has 1 unspecified atom stereocenters. The summed E-state index contributed by atoms with van der Waals surface area (Å²) in [7, 11) is 1.78. The van der Waals surface area contributed by atoms with Crippen LogP contribution in [0.4, 0.5) is 5.69 Å². The average molecular weight is 322 g/mol. The van der Waals surface area contributed by atoms with Crippen molar-refractivity contribution in [2.45, 2.75) is 25.8 Å². The van der Waals surface area contributed by atoms with E-state index in [9.17, 15) is 9.59 Å². The van der Waals surface area contributed by atoms with Gasteiger partial charge in [-0.15, -0.1) is 0 Å². The second kappa shape index (κ2) is 6.87. The van der Waals surface area contributed by atoms with E-state index in [1.165, 1.54) is 5.56 Å². The highest BCUT2D eigenvalue weighted by Crippen LogP contribution is 2.33. The minimum Gasteiger partial charge on any atom is -0.335 e. The Labute approximate surface area is 142 Å². The number of anilines is 1. The number of fused-ring (bicyclic) bond motifs is 1. The second-order valence-corrected chi connectivity index (χ2v) is 6.17. The summed E-state index contributed by atoms with van der Waals surface area (Å²) < 4.78 is 0. The zero-order valence-electron chi connectivity index (χ0n) is 14.1. The van der Waals surface area contributed by atoms with Gasteiger partial charge in [-0.1, -0.05) is 42.5 Å². The van der Waals surface area contributed by atoms with Gasteiger partial charge in [0.2, 0.25) is 11.8 Å². The number of nitrogens with zero attached hydrogens (tertiary/aromatic N) is 2. The third kappa shape index (κ3) is 3.18. The molecule has 4 nitrogen and oxygen atoms in total. The maximum atomic E-state index is 12.8. The largest absolute Gasteiger partial charge is 0.335 e. The molecule has 0 aromatic heterocycles. The van der Waals surface area contributed by atoms with Crippen molar-refractivity contribution in [3.05, 3.63) is 65.7 Å². The lowest BCUT2D eigenvalue weighted by Gasteiger charge is -2.37. The van der Waals surface area contributed by atoms with Crippen LogP contribution >= 0.6 is 0 Å². The van der Waals surface area contributed by atoms with E-state index >= 15 is 0 Å². The first-order valence-corrected chi connectivity index (χ1v) is 8.24. The van der Waals surface area contributed by atoms with E-state index in [0.717, 1.165) is 17.7 Å². The summed E-state index contributed by atoms with van der Waals surface area (Å²) in [6.45, 7) is 2.24. The van der Waals surface area contributed by atoms with Gasteiger partial charge >= 0.3 is 0 Å². The van der Waals surface area contributed by atoms with Crippen LogP contribution < -0.4 is 4.90 Å². The number of para-hydroxylation sites is 1. The van der Waals surface area contributed by atoms with Crippen LogP contribution in [0.15, 0.2) is 54.6 Å². The van der Waals surface area contributed by atoms with E-state index in [-0.39, 0.29) is 17.9 Å². The van der Waals surface area contributed by atoms with E-state index in [1.54, 1.807) is 18.9 Å². The van der Waals surface area contributed by atoms with Crippen LogP contribution in [0.25, 0.3) is 0 Å². The van der Waals surface area contributed by atoms with E-state index < -0.39 is 0 Å². The van der Waals surface area contributed by atoms with Crippen LogP contribution in [0, 0.1) is 0 Å². The first-order chi connectivity index (χ1) is 11.6. The molecule has 0 bridgehead atoms. The Morgan fingerprint density at radius 3 is 2.46 bits per heavy atom. The Morgan fingerprint density at radius 1 is 1.08 bits per heavy atom. The van der Waals surface area contributed by atoms with Crippen molar-refractivity contribution in [2.75, 3.05) is 18.5 Å². The van der Waals surface area contributed by atoms with Crippen LogP contribution in [0.3, 0.4) is 0 Å². The van der Waals surface area contributed by atoms with Gasteiger partial charge in [0, 0.05) is 26.2 Å². The molecule has 124 valence electrons. The number of carbonyl (C=O) groups is 2. The fourth-order valence-corrected chi connectivity index (χ4v) is 3.35. The SMILES string of the molecule is CC(=O)N1CCc2ccccc2C1CC(=O)N(C)c1ccccc1. The summed E-state index contributed by atoms with van der Waals surface area (Å²) in [5.74, 6) is 0.0267. The normalized spacial score (nSPS) is 16.4. The summed E-state index contributed by atoms with van der Waals surface area (Å²) in [6, 6.07) is 17.5. The van der Waals surface area contributed by atoms with Gasteiger partial charge in [0.05, 0.1) is 12.5 Å². The maximum Gasteiger partial charge on any atom is 0.229 e. The molecule has 24 heavy (non-hydrogen) atoms. The predicted molar refractivity (Wildman–Crippen MR) is 94.7 cm³/mol. The Morgan fingerprint density at radius 2 is 1.75 bits per heavy atom. The smallest absolute Gasteiger partial charge is 0.229 e. The molecule has 3 rings (SSSR count). The van der Waals surface area contributed by atoms with Crippen molar-refractivity contribution in [1.29, 1.82) is 0 Å². The molecule has 0 fully saturated rings. The van der Waals surface area contributed by atoms with E-state index in [1.807, 2.05) is 53.4 Å². The molecular formula is C20H22N2O2. The van der Waals surface area contributed by atoms with Crippen molar-refractivity contribution < 1.29 is 9.59 Å². The summed E-state index contributed by atoms with van der Waals surface area (Å²) in [6.07, 6.45) is 1.14. The third-order valence-electron chi connectivity index (χ3n) is 4.70. The molecule has 0 N–H and O–H groups in total. The van der Waals surface area contributed by atoms with Crippen LogP contribution in [-0.4, -0.2) is 30.3 Å².